The molecule has 0 heterocycles. The van der Waals surface area contributed by atoms with Crippen LogP contribution in [0.4, 0.5) is 5.69 Å². The molecule has 0 aliphatic carbocycles. The summed E-state index contributed by atoms with van der Waals surface area (Å²) >= 11 is 0. The molecule has 0 aliphatic rings. The van der Waals surface area contributed by atoms with Crippen LogP contribution in [-0.2, 0) is 0 Å². The molecule has 1 atom stereocenters. The minimum absolute atomic E-state index is 0.00620. The summed E-state index contributed by atoms with van der Waals surface area (Å²) in [7, 11) is 3.27. The van der Waals surface area contributed by atoms with Gasteiger partial charge in [-0.15, -0.1) is 0 Å². The summed E-state index contributed by atoms with van der Waals surface area (Å²) in [4.78, 5) is 0. The molecule has 1 aromatic rings. The third-order valence-electron chi connectivity index (χ3n) is 3.12. The van der Waals surface area contributed by atoms with E-state index in [2.05, 4.69) is 19.2 Å². The molecule has 4 heteroatoms. The molecule has 0 aliphatic heterocycles. The van der Waals surface area contributed by atoms with Gasteiger partial charge in [0, 0.05) is 5.56 Å². The predicted octanol–water partition coefficient (Wildman–Crippen LogP) is 2.44. The summed E-state index contributed by atoms with van der Waals surface area (Å²) in [6.45, 7) is 6.17. The molecule has 0 saturated heterocycles. The predicted molar refractivity (Wildman–Crippen MR) is 73.6 cm³/mol. The number of aliphatic hydroxyl groups is 1. The van der Waals surface area contributed by atoms with Crippen molar-refractivity contribution < 1.29 is 14.6 Å². The average Bonchev–Trinajstić information content (AvgIpc) is 2.35. The minimum atomic E-state index is 0.00620. The Balaban J connectivity index is 3.05. The van der Waals surface area contributed by atoms with Crippen molar-refractivity contribution in [2.24, 2.45) is 5.92 Å². The first-order valence-electron chi connectivity index (χ1n) is 6.14. The number of anilines is 1. The van der Waals surface area contributed by atoms with Crippen LogP contribution in [0.5, 0.6) is 11.5 Å². The third-order valence-corrected chi connectivity index (χ3v) is 3.12. The highest BCUT2D eigenvalue weighted by Gasteiger charge is 2.16. The van der Waals surface area contributed by atoms with E-state index < -0.39 is 0 Å². The zero-order chi connectivity index (χ0) is 13.7. The largest absolute Gasteiger partial charge is 0.496 e. The van der Waals surface area contributed by atoms with Crippen LogP contribution in [0.3, 0.4) is 0 Å². The molecule has 0 saturated carbocycles. The van der Waals surface area contributed by atoms with Gasteiger partial charge in [0.05, 0.1) is 32.6 Å². The van der Waals surface area contributed by atoms with Crippen LogP contribution < -0.4 is 14.8 Å². The highest BCUT2D eigenvalue weighted by atomic mass is 16.5. The summed E-state index contributed by atoms with van der Waals surface area (Å²) in [5.41, 5.74) is 1.83. The van der Waals surface area contributed by atoms with Gasteiger partial charge < -0.3 is 19.9 Å². The van der Waals surface area contributed by atoms with Crippen molar-refractivity contribution in [3.05, 3.63) is 17.7 Å². The number of hydrogen-bond donors (Lipinski definition) is 2. The van der Waals surface area contributed by atoms with Gasteiger partial charge in [-0.1, -0.05) is 13.8 Å². The molecule has 102 valence electrons. The van der Waals surface area contributed by atoms with Gasteiger partial charge in [0.25, 0.3) is 0 Å². The average molecular weight is 253 g/mol. The first-order valence-corrected chi connectivity index (χ1v) is 6.14. The molecule has 4 nitrogen and oxygen atoms in total. The number of ether oxygens (including phenoxy) is 2. The van der Waals surface area contributed by atoms with Gasteiger partial charge in [-0.25, -0.2) is 0 Å². The lowest BCUT2D eigenvalue weighted by atomic mass is 10.0. The topological polar surface area (TPSA) is 50.7 Å². The van der Waals surface area contributed by atoms with Crippen molar-refractivity contribution in [1.82, 2.24) is 0 Å². The second kappa shape index (κ2) is 6.50. The van der Waals surface area contributed by atoms with Crippen LogP contribution in [0, 0.1) is 12.8 Å². The Hall–Kier alpha value is -1.42. The summed E-state index contributed by atoms with van der Waals surface area (Å²) in [6.07, 6.45) is 0. The maximum absolute atomic E-state index is 9.36. The van der Waals surface area contributed by atoms with E-state index in [-0.39, 0.29) is 12.6 Å². The van der Waals surface area contributed by atoms with E-state index in [0.29, 0.717) is 5.92 Å². The Kier molecular flexibility index (Phi) is 5.28. The van der Waals surface area contributed by atoms with E-state index in [1.165, 1.54) is 0 Å². The van der Waals surface area contributed by atoms with Gasteiger partial charge in [-0.05, 0) is 25.0 Å². The van der Waals surface area contributed by atoms with E-state index in [1.807, 2.05) is 19.1 Å². The van der Waals surface area contributed by atoms with E-state index in [4.69, 9.17) is 9.47 Å². The fourth-order valence-electron chi connectivity index (χ4n) is 1.89. The highest BCUT2D eigenvalue weighted by molar-refractivity contribution is 5.64. The molecule has 1 aromatic carbocycles. The number of methoxy groups -OCH3 is 2. The minimum Gasteiger partial charge on any atom is -0.496 e. The first-order chi connectivity index (χ1) is 8.54. The Morgan fingerprint density at radius 2 is 1.89 bits per heavy atom. The van der Waals surface area contributed by atoms with Gasteiger partial charge >= 0.3 is 0 Å². The Labute approximate surface area is 109 Å². The van der Waals surface area contributed by atoms with Crippen molar-refractivity contribution in [3.63, 3.8) is 0 Å². The highest BCUT2D eigenvalue weighted by Crippen LogP contribution is 2.35. The van der Waals surface area contributed by atoms with Crippen molar-refractivity contribution in [2.75, 3.05) is 26.1 Å². The van der Waals surface area contributed by atoms with Crippen molar-refractivity contribution >= 4 is 5.69 Å². The number of nitrogens with one attached hydrogen (secondary N) is 1. The monoisotopic (exact) mass is 253 g/mol. The van der Waals surface area contributed by atoms with Gasteiger partial charge in [0.2, 0.25) is 0 Å². The standard InChI is InChI=1S/C14H23NO3/c1-9(2)12(8-16)15-11-6-7-13(17-4)10(3)14(11)18-5/h6-7,9,12,15-16H,8H2,1-5H3. The summed E-state index contributed by atoms with van der Waals surface area (Å²) in [6, 6.07) is 3.82. The number of aliphatic hydroxyl groups excluding tert-OH is 1. The smallest absolute Gasteiger partial charge is 0.148 e. The van der Waals surface area contributed by atoms with Crippen LogP contribution >= 0.6 is 0 Å². The van der Waals surface area contributed by atoms with Gasteiger partial charge in [-0.2, -0.15) is 0 Å². The van der Waals surface area contributed by atoms with Crippen molar-refractivity contribution in [1.29, 1.82) is 0 Å². The van der Waals surface area contributed by atoms with Gasteiger partial charge in [-0.3, -0.25) is 0 Å². The lowest BCUT2D eigenvalue weighted by Gasteiger charge is -2.23. The molecule has 1 rings (SSSR count). The lowest BCUT2D eigenvalue weighted by molar-refractivity contribution is 0.249. The Morgan fingerprint density at radius 3 is 2.33 bits per heavy atom. The van der Waals surface area contributed by atoms with Crippen molar-refractivity contribution in [2.45, 2.75) is 26.8 Å². The quantitative estimate of drug-likeness (QED) is 0.817. The summed E-state index contributed by atoms with van der Waals surface area (Å²) < 4.78 is 10.7. The maximum Gasteiger partial charge on any atom is 0.148 e. The van der Waals surface area contributed by atoms with E-state index >= 15 is 0 Å². The summed E-state index contributed by atoms with van der Waals surface area (Å²) in [5.74, 6) is 1.89. The molecule has 0 aromatic heterocycles. The third kappa shape index (κ3) is 3.07. The molecule has 0 bridgehead atoms. The molecule has 0 radical (unpaired) electrons. The SMILES string of the molecule is COc1ccc(NC(CO)C(C)C)c(OC)c1C. The second-order valence-electron chi connectivity index (χ2n) is 4.65. The van der Waals surface area contributed by atoms with E-state index in [1.54, 1.807) is 14.2 Å². The number of rotatable bonds is 6. The zero-order valence-corrected chi connectivity index (χ0v) is 11.8. The van der Waals surface area contributed by atoms with Crippen LogP contribution in [0.1, 0.15) is 19.4 Å². The second-order valence-corrected chi connectivity index (χ2v) is 4.65. The molecular formula is C14H23NO3. The van der Waals surface area contributed by atoms with Gasteiger partial charge in [0.1, 0.15) is 11.5 Å². The summed E-state index contributed by atoms with van der Waals surface area (Å²) in [5, 5.41) is 12.7. The van der Waals surface area contributed by atoms with Crippen LogP contribution in [-0.4, -0.2) is 32.0 Å². The molecule has 0 fully saturated rings. The van der Waals surface area contributed by atoms with Crippen molar-refractivity contribution in [3.8, 4) is 11.5 Å². The number of benzene rings is 1. The fraction of sp³-hybridized carbons (Fsp3) is 0.571. The molecule has 2 N–H and O–H groups in total. The maximum atomic E-state index is 9.36. The van der Waals surface area contributed by atoms with E-state index in [0.717, 1.165) is 22.7 Å². The first kappa shape index (κ1) is 14.6. The lowest BCUT2D eigenvalue weighted by Crippen LogP contribution is -2.29. The molecule has 0 spiro atoms. The fourth-order valence-corrected chi connectivity index (χ4v) is 1.89. The number of hydrogen-bond acceptors (Lipinski definition) is 4. The van der Waals surface area contributed by atoms with Gasteiger partial charge in [0.15, 0.2) is 0 Å². The Morgan fingerprint density at radius 1 is 1.22 bits per heavy atom. The van der Waals surface area contributed by atoms with Crippen LogP contribution in [0.25, 0.3) is 0 Å². The molecule has 18 heavy (non-hydrogen) atoms. The molecular weight excluding hydrogens is 230 g/mol. The molecule has 0 amide bonds. The molecule has 1 unspecified atom stereocenters. The van der Waals surface area contributed by atoms with Crippen LogP contribution in [0.15, 0.2) is 12.1 Å². The Bertz CT molecular complexity index is 391. The van der Waals surface area contributed by atoms with E-state index in [9.17, 15) is 5.11 Å². The van der Waals surface area contributed by atoms with Crippen LogP contribution in [0.2, 0.25) is 0 Å². The normalized spacial score (nSPS) is 12.4. The zero-order valence-electron chi connectivity index (χ0n) is 11.8.